The van der Waals surface area contributed by atoms with E-state index in [0.29, 0.717) is 12.1 Å². The predicted molar refractivity (Wildman–Crippen MR) is 251 cm³/mol. The van der Waals surface area contributed by atoms with Gasteiger partial charge in [-0.25, -0.2) is 4.98 Å². The Balaban J connectivity index is 3.32. The average molecular weight is 1010 g/mol. The van der Waals surface area contributed by atoms with E-state index in [0.717, 1.165) is 6.92 Å². The van der Waals surface area contributed by atoms with Gasteiger partial charge in [0.1, 0.15) is 48.3 Å². The smallest absolute Gasteiger partial charge is 0.325 e. The molecule has 0 unspecified atom stereocenters. The number of hydrogen-bond acceptors (Lipinski definition) is 16. The molecule has 1 aromatic rings. The third-order valence-electron chi connectivity index (χ3n) is 10.8. The molecule has 0 saturated heterocycles. The van der Waals surface area contributed by atoms with Crippen molar-refractivity contribution in [3.63, 3.8) is 0 Å². The van der Waals surface area contributed by atoms with Crippen LogP contribution in [0.1, 0.15) is 85.8 Å². The van der Waals surface area contributed by atoms with E-state index < -0.39 is 152 Å². The number of carbonyl (C=O) groups is 10. The summed E-state index contributed by atoms with van der Waals surface area (Å²) in [5.41, 5.74) is 16.9. The molecule has 0 aromatic carbocycles. The molecule has 71 heavy (non-hydrogen) atoms. The molecular weight excluding hydrogens is 941 g/mol. The zero-order valence-electron chi connectivity index (χ0n) is 40.6. The lowest BCUT2D eigenvalue weighted by Gasteiger charge is -2.29. The summed E-state index contributed by atoms with van der Waals surface area (Å²) < 4.78 is 0. The van der Waals surface area contributed by atoms with Crippen LogP contribution in [0.4, 0.5) is 0 Å². The van der Waals surface area contributed by atoms with Crippen LogP contribution in [0.5, 0.6) is 0 Å². The van der Waals surface area contributed by atoms with E-state index in [1.165, 1.54) is 19.4 Å². The lowest BCUT2D eigenvalue weighted by atomic mass is 9.97. The topological polar surface area (TPSA) is 487 Å². The molecule has 8 amide bonds. The number of aromatic nitrogens is 2. The van der Waals surface area contributed by atoms with E-state index >= 15 is 0 Å². The molecule has 0 bridgehead atoms. The molecule has 29 nitrogen and oxygen atoms in total. The first-order valence-corrected chi connectivity index (χ1v) is 22.8. The van der Waals surface area contributed by atoms with Crippen molar-refractivity contribution >= 4 is 65.2 Å². The number of imidazole rings is 1. The number of nitrogens with one attached hydrogen (secondary N) is 9. The van der Waals surface area contributed by atoms with Crippen molar-refractivity contribution in [3.05, 3.63) is 18.2 Å². The number of aromatic amines is 1. The highest BCUT2D eigenvalue weighted by Crippen LogP contribution is 2.12. The number of carbonyl (C=O) groups excluding carboxylic acids is 8. The Labute approximate surface area is 409 Å². The van der Waals surface area contributed by atoms with Crippen LogP contribution >= 0.6 is 0 Å². The lowest BCUT2D eigenvalue weighted by Crippen LogP contribution is -2.62. The van der Waals surface area contributed by atoms with Gasteiger partial charge in [0.25, 0.3) is 0 Å². The maximum atomic E-state index is 14.1. The minimum atomic E-state index is -1.78. The van der Waals surface area contributed by atoms with Crippen LogP contribution in [0.15, 0.2) is 17.5 Å². The molecule has 0 aliphatic heterocycles. The van der Waals surface area contributed by atoms with Crippen molar-refractivity contribution in [3.8, 4) is 0 Å². The van der Waals surface area contributed by atoms with Gasteiger partial charge in [0, 0.05) is 31.3 Å². The molecule has 0 saturated carbocycles. The number of H-pyrrole nitrogens is 1. The fraction of sp³-hybridized carbons (Fsp3) is 0.667. The summed E-state index contributed by atoms with van der Waals surface area (Å²) in [4.78, 5) is 141. The second-order valence-electron chi connectivity index (χ2n) is 17.2. The number of nitrogens with two attached hydrogens (primary N) is 3. The minimum Gasteiger partial charge on any atom is -0.481 e. The third-order valence-corrected chi connectivity index (χ3v) is 10.8. The fourth-order valence-electron chi connectivity index (χ4n) is 6.44. The first kappa shape index (κ1) is 62.0. The number of rotatable bonds is 33. The van der Waals surface area contributed by atoms with Gasteiger partial charge < -0.3 is 90.3 Å². The summed E-state index contributed by atoms with van der Waals surface area (Å²) in [6.07, 6.45) is 0.369. The molecule has 29 heteroatoms. The Morgan fingerprint density at radius 1 is 0.662 bits per heavy atom. The minimum absolute atomic E-state index is 0.0302. The molecule has 20 N–H and O–H groups in total. The number of hydrogen-bond donors (Lipinski definition) is 17. The van der Waals surface area contributed by atoms with Gasteiger partial charge in [-0.15, -0.1) is 0 Å². The second-order valence-corrected chi connectivity index (χ2v) is 17.2. The van der Waals surface area contributed by atoms with Crippen molar-refractivity contribution in [2.45, 2.75) is 147 Å². The van der Waals surface area contributed by atoms with E-state index in [1.807, 2.05) is 0 Å². The Morgan fingerprint density at radius 2 is 1.15 bits per heavy atom. The van der Waals surface area contributed by atoms with Crippen LogP contribution in [0.3, 0.4) is 0 Å². The van der Waals surface area contributed by atoms with E-state index in [2.05, 4.69) is 57.5 Å². The average Bonchev–Trinajstić information content (AvgIpc) is 3.82. The molecule has 400 valence electrons. The number of guanidine groups is 1. The number of carboxylic acids is 2. The normalized spacial score (nSPS) is 15.8. The lowest BCUT2D eigenvalue weighted by molar-refractivity contribution is -0.142. The summed E-state index contributed by atoms with van der Waals surface area (Å²) in [6.45, 7) is 7.12. The molecule has 1 aromatic heterocycles. The number of nitrogens with zero attached hydrogens (tertiary/aromatic N) is 2. The summed E-state index contributed by atoms with van der Waals surface area (Å²) in [5, 5.41) is 68.0. The highest BCUT2D eigenvalue weighted by molar-refractivity contribution is 5.98. The van der Waals surface area contributed by atoms with E-state index in [-0.39, 0.29) is 44.1 Å². The molecule has 0 fully saturated rings. The Hall–Kier alpha value is -6.98. The molecule has 1 heterocycles. The van der Waals surface area contributed by atoms with Gasteiger partial charge in [-0.3, -0.25) is 52.9 Å². The standard InChI is InChI=1S/C42H72N14O15/c1-7-20(4)31(39(68)54-29(17-58)37(66)50-25(10-11-30(60)61)34(63)49-21(5)41(70)71)55-36(65)27(14-23-15-46-18-48-23)51-38(67)28(16-57)53-35(64)26(13-19(2)3)52-40(69)32(22(6)59)56-33(62)24(43)9-8-12-47-42(44)45/h15,18-22,24-29,31-32,57-59H,7-14,16-17,43H2,1-6H3,(H,46,48)(H,49,63)(H,50,66)(H,51,67)(H,52,69)(H,53,64)(H,54,68)(H,55,65)(H,56,62)(H,60,61)(H,70,71)(H4,44,45,47)/t20-,21-,22+,24-,25-,26-,27-,28-,29-,31-,32-/m0/s1. The van der Waals surface area contributed by atoms with Crippen molar-refractivity contribution in [1.29, 1.82) is 0 Å². The highest BCUT2D eigenvalue weighted by Gasteiger charge is 2.37. The quantitative estimate of drug-likeness (QED) is 0.0177. The van der Waals surface area contributed by atoms with Gasteiger partial charge in [-0.2, -0.15) is 0 Å². The zero-order valence-corrected chi connectivity index (χ0v) is 40.6. The van der Waals surface area contributed by atoms with Crippen LogP contribution in [-0.2, 0) is 54.4 Å². The van der Waals surface area contributed by atoms with Crippen LogP contribution < -0.4 is 59.7 Å². The van der Waals surface area contributed by atoms with Crippen molar-refractivity contribution in [1.82, 2.24) is 52.5 Å². The SMILES string of the molecule is CC[C@H](C)[C@H](NC(=O)[C@H](Cc1cnc[nH]1)NC(=O)[C@H](CO)NC(=O)[C@H](CC(C)C)NC(=O)[C@@H](NC(=O)[C@@H](N)CCCN=C(N)N)[C@@H](C)O)C(=O)N[C@@H](CO)C(=O)N[C@@H](CCC(=O)O)C(=O)N[C@@H](C)C(=O)O. The summed E-state index contributed by atoms with van der Waals surface area (Å²) in [7, 11) is 0. The molecule has 0 aliphatic carbocycles. The molecular formula is C42H72N14O15. The molecule has 11 atom stereocenters. The molecule has 1 rings (SSSR count). The Kier molecular flexibility index (Phi) is 27.3. The number of aliphatic imine (C=N–C) groups is 1. The molecule has 0 radical (unpaired) electrons. The van der Waals surface area contributed by atoms with E-state index in [4.69, 9.17) is 22.3 Å². The van der Waals surface area contributed by atoms with Gasteiger partial charge in [0.05, 0.1) is 31.7 Å². The Bertz CT molecular complexity index is 1980. The maximum Gasteiger partial charge on any atom is 0.325 e. The Morgan fingerprint density at radius 3 is 1.65 bits per heavy atom. The largest absolute Gasteiger partial charge is 0.481 e. The monoisotopic (exact) mass is 1010 g/mol. The molecule has 0 aliphatic rings. The number of aliphatic hydroxyl groups is 3. The van der Waals surface area contributed by atoms with Gasteiger partial charge in [-0.05, 0) is 51.4 Å². The van der Waals surface area contributed by atoms with Crippen molar-refractivity contribution in [2.75, 3.05) is 19.8 Å². The van der Waals surface area contributed by atoms with Gasteiger partial charge in [0.15, 0.2) is 5.96 Å². The van der Waals surface area contributed by atoms with E-state index in [1.54, 1.807) is 27.7 Å². The van der Waals surface area contributed by atoms with Gasteiger partial charge in [0.2, 0.25) is 47.3 Å². The maximum absolute atomic E-state index is 14.1. The number of amides is 8. The van der Waals surface area contributed by atoms with Crippen LogP contribution in [0, 0.1) is 11.8 Å². The summed E-state index contributed by atoms with van der Waals surface area (Å²) in [5.74, 6) is -11.9. The summed E-state index contributed by atoms with van der Waals surface area (Å²) in [6, 6.07) is -13.7. The van der Waals surface area contributed by atoms with Crippen LogP contribution in [-0.4, -0.2) is 181 Å². The number of aliphatic hydroxyl groups excluding tert-OH is 3. The second kappa shape index (κ2) is 31.3. The summed E-state index contributed by atoms with van der Waals surface area (Å²) >= 11 is 0. The zero-order chi connectivity index (χ0) is 54.1. The predicted octanol–water partition coefficient (Wildman–Crippen LogP) is -6.36. The van der Waals surface area contributed by atoms with Crippen LogP contribution in [0.25, 0.3) is 0 Å². The van der Waals surface area contributed by atoms with Gasteiger partial charge >= 0.3 is 11.9 Å². The molecule has 0 spiro atoms. The van der Waals surface area contributed by atoms with E-state index in [9.17, 15) is 68.4 Å². The van der Waals surface area contributed by atoms with Gasteiger partial charge in [-0.1, -0.05) is 34.1 Å². The highest BCUT2D eigenvalue weighted by atomic mass is 16.4. The number of aliphatic carboxylic acids is 2. The van der Waals surface area contributed by atoms with Crippen molar-refractivity contribution in [2.24, 2.45) is 34.0 Å². The van der Waals surface area contributed by atoms with Crippen LogP contribution in [0.2, 0.25) is 0 Å². The first-order valence-electron chi connectivity index (χ1n) is 22.8. The third kappa shape index (κ3) is 22.5. The number of carboxylic acid groups (broad SMARTS) is 2. The van der Waals surface area contributed by atoms with Crippen molar-refractivity contribution < 1.29 is 73.5 Å². The fourth-order valence-corrected chi connectivity index (χ4v) is 6.44. The first-order chi connectivity index (χ1) is 33.3.